The Morgan fingerprint density at radius 3 is 2.04 bits per heavy atom. The average Bonchev–Trinajstić information content (AvgIpc) is 3.04. The predicted molar refractivity (Wildman–Crippen MR) is 188 cm³/mol. The normalized spacial score (nSPS) is 12.0. The molecule has 0 fully saturated rings. The van der Waals surface area contributed by atoms with Crippen molar-refractivity contribution in [2.75, 3.05) is 23.7 Å². The Morgan fingerprint density at radius 1 is 0.851 bits per heavy atom. The first-order valence-corrected chi connectivity index (χ1v) is 17.8. The first kappa shape index (κ1) is 35.8. The summed E-state index contributed by atoms with van der Waals surface area (Å²) in [5.74, 6) is -0.217. The quantitative estimate of drug-likeness (QED) is 0.148. The smallest absolute Gasteiger partial charge is 0.244 e. The van der Waals surface area contributed by atoms with Gasteiger partial charge in [0.1, 0.15) is 24.9 Å². The third-order valence-electron chi connectivity index (χ3n) is 7.36. The van der Waals surface area contributed by atoms with Crippen molar-refractivity contribution in [3.8, 4) is 5.75 Å². The third-order valence-corrected chi connectivity index (χ3v) is 9.09. The van der Waals surface area contributed by atoms with Crippen molar-refractivity contribution in [3.63, 3.8) is 0 Å². The fourth-order valence-corrected chi connectivity index (χ4v) is 6.19. The minimum Gasteiger partial charge on any atom is -0.489 e. The highest BCUT2D eigenvalue weighted by Gasteiger charge is 2.33. The number of nitrogens with one attached hydrogen (secondary N) is 1. The summed E-state index contributed by atoms with van der Waals surface area (Å²) < 4.78 is 33.1. The van der Waals surface area contributed by atoms with Crippen molar-refractivity contribution >= 4 is 50.7 Å². The molecule has 0 aliphatic rings. The minimum absolute atomic E-state index is 0.0503. The molecule has 4 aromatic carbocycles. The van der Waals surface area contributed by atoms with E-state index in [0.29, 0.717) is 34.5 Å². The largest absolute Gasteiger partial charge is 0.489 e. The van der Waals surface area contributed by atoms with Crippen LogP contribution in [0.3, 0.4) is 0 Å². The van der Waals surface area contributed by atoms with Crippen molar-refractivity contribution < 1.29 is 22.7 Å². The molecular weight excluding hydrogens is 657 g/mol. The molecule has 4 aromatic rings. The molecule has 0 radical (unpaired) electrons. The number of amides is 2. The molecule has 248 valence electrons. The third kappa shape index (κ3) is 10.7. The van der Waals surface area contributed by atoms with Gasteiger partial charge in [-0.1, -0.05) is 104 Å². The highest BCUT2D eigenvalue weighted by molar-refractivity contribution is 7.92. The van der Waals surface area contributed by atoms with E-state index in [-0.39, 0.29) is 30.5 Å². The van der Waals surface area contributed by atoms with Crippen LogP contribution in [-0.2, 0) is 39.2 Å². The number of sulfonamides is 1. The van der Waals surface area contributed by atoms with Gasteiger partial charge in [0.2, 0.25) is 21.8 Å². The van der Waals surface area contributed by atoms with Crippen molar-refractivity contribution in [1.82, 2.24) is 10.2 Å². The van der Waals surface area contributed by atoms with Gasteiger partial charge in [0.15, 0.2) is 0 Å². The van der Waals surface area contributed by atoms with E-state index in [1.807, 2.05) is 74.5 Å². The van der Waals surface area contributed by atoms with Gasteiger partial charge in [0, 0.05) is 29.6 Å². The summed E-state index contributed by atoms with van der Waals surface area (Å²) >= 11 is 12.7. The molecule has 0 aliphatic heterocycles. The van der Waals surface area contributed by atoms with Crippen LogP contribution in [0.25, 0.3) is 0 Å². The lowest BCUT2D eigenvalue weighted by Gasteiger charge is -2.34. The van der Waals surface area contributed by atoms with Crippen LogP contribution in [-0.4, -0.2) is 50.5 Å². The van der Waals surface area contributed by atoms with E-state index < -0.39 is 28.5 Å². The molecule has 0 aliphatic carbocycles. The van der Waals surface area contributed by atoms with Crippen LogP contribution < -0.4 is 14.4 Å². The average molecular weight is 697 g/mol. The maximum atomic E-state index is 14.3. The number of hydrogen-bond donors (Lipinski definition) is 1. The molecule has 0 aromatic heterocycles. The molecule has 0 saturated carbocycles. The van der Waals surface area contributed by atoms with Crippen molar-refractivity contribution in [2.24, 2.45) is 5.92 Å². The molecule has 2 amide bonds. The van der Waals surface area contributed by atoms with Crippen LogP contribution in [0.1, 0.15) is 30.5 Å². The first-order valence-electron chi connectivity index (χ1n) is 15.2. The molecular formula is C36H39Cl2N3O5S. The molecule has 0 spiro atoms. The zero-order chi connectivity index (χ0) is 34.0. The Morgan fingerprint density at radius 2 is 1.47 bits per heavy atom. The number of nitrogens with zero attached hydrogens (tertiary/aromatic N) is 2. The molecule has 4 rings (SSSR count). The zero-order valence-corrected chi connectivity index (χ0v) is 28.9. The van der Waals surface area contributed by atoms with Crippen molar-refractivity contribution in [3.05, 3.63) is 130 Å². The molecule has 0 heterocycles. The van der Waals surface area contributed by atoms with E-state index in [0.717, 1.165) is 21.7 Å². The van der Waals surface area contributed by atoms with Gasteiger partial charge in [-0.25, -0.2) is 8.42 Å². The van der Waals surface area contributed by atoms with Gasteiger partial charge in [0.05, 0.1) is 11.9 Å². The van der Waals surface area contributed by atoms with Crippen LogP contribution in [0, 0.1) is 5.92 Å². The predicted octanol–water partition coefficient (Wildman–Crippen LogP) is 6.75. The summed E-state index contributed by atoms with van der Waals surface area (Å²) in [6, 6.07) is 29.4. The number of benzene rings is 4. The monoisotopic (exact) mass is 695 g/mol. The summed E-state index contributed by atoms with van der Waals surface area (Å²) in [5, 5.41) is 3.70. The Balaban J connectivity index is 1.66. The number of rotatable bonds is 15. The fraction of sp³-hybridized carbons (Fsp3) is 0.278. The van der Waals surface area contributed by atoms with Crippen LogP contribution >= 0.6 is 23.2 Å². The molecule has 11 heteroatoms. The summed E-state index contributed by atoms with van der Waals surface area (Å²) in [6.45, 7) is 4.11. The van der Waals surface area contributed by atoms with Crippen LogP contribution in [0.4, 0.5) is 5.69 Å². The maximum Gasteiger partial charge on any atom is 0.244 e. The van der Waals surface area contributed by atoms with Gasteiger partial charge in [-0.15, -0.1) is 0 Å². The van der Waals surface area contributed by atoms with Gasteiger partial charge in [-0.3, -0.25) is 13.9 Å². The second-order valence-electron chi connectivity index (χ2n) is 11.6. The Hall–Kier alpha value is -4.05. The number of halogens is 2. The van der Waals surface area contributed by atoms with Gasteiger partial charge >= 0.3 is 0 Å². The van der Waals surface area contributed by atoms with E-state index in [2.05, 4.69) is 5.32 Å². The van der Waals surface area contributed by atoms with Gasteiger partial charge in [0.25, 0.3) is 0 Å². The van der Waals surface area contributed by atoms with E-state index >= 15 is 0 Å². The number of carbonyl (C=O) groups excluding carboxylic acids is 2. The molecule has 1 atom stereocenters. The molecule has 0 unspecified atom stereocenters. The SMILES string of the molecule is CC(C)CNC(=O)[C@H](Cc1ccccc1)N(Cc1ccc(Cl)cc1Cl)C(=O)CN(c1ccc(OCc2ccccc2)cc1)S(C)(=O)=O. The van der Waals surface area contributed by atoms with Gasteiger partial charge in [-0.05, 0) is 59.0 Å². The summed E-state index contributed by atoms with van der Waals surface area (Å²) in [6.07, 6.45) is 1.24. The van der Waals surface area contributed by atoms with Crippen LogP contribution in [0.15, 0.2) is 103 Å². The summed E-state index contributed by atoms with van der Waals surface area (Å²) in [5.41, 5.74) is 2.66. The first-order chi connectivity index (χ1) is 22.4. The zero-order valence-electron chi connectivity index (χ0n) is 26.6. The highest BCUT2D eigenvalue weighted by atomic mass is 35.5. The second-order valence-corrected chi connectivity index (χ2v) is 14.4. The number of hydrogen-bond acceptors (Lipinski definition) is 5. The number of carbonyl (C=O) groups is 2. The Bertz CT molecular complexity index is 1740. The van der Waals surface area contributed by atoms with Gasteiger partial charge in [-0.2, -0.15) is 0 Å². The second kappa shape index (κ2) is 16.7. The minimum atomic E-state index is -3.93. The number of anilines is 1. The maximum absolute atomic E-state index is 14.3. The van der Waals surface area contributed by atoms with Crippen molar-refractivity contribution in [1.29, 1.82) is 0 Å². The Kier molecular flexibility index (Phi) is 12.7. The molecule has 0 saturated heterocycles. The van der Waals surface area contributed by atoms with Gasteiger partial charge < -0.3 is 15.0 Å². The molecule has 1 N–H and O–H groups in total. The topological polar surface area (TPSA) is 96.0 Å². The lowest BCUT2D eigenvalue weighted by molar-refractivity contribution is -0.140. The Labute approximate surface area is 287 Å². The van der Waals surface area contributed by atoms with Crippen molar-refractivity contribution in [2.45, 2.75) is 39.5 Å². The fourth-order valence-electron chi connectivity index (χ4n) is 4.87. The lowest BCUT2D eigenvalue weighted by Crippen LogP contribution is -2.53. The molecule has 8 nitrogen and oxygen atoms in total. The van der Waals surface area contributed by atoms with E-state index in [9.17, 15) is 18.0 Å². The van der Waals surface area contributed by atoms with Crippen LogP contribution in [0.2, 0.25) is 10.0 Å². The van der Waals surface area contributed by atoms with E-state index in [1.165, 1.54) is 4.90 Å². The molecule has 0 bridgehead atoms. The summed E-state index contributed by atoms with van der Waals surface area (Å²) in [7, 11) is -3.93. The highest BCUT2D eigenvalue weighted by Crippen LogP contribution is 2.26. The van der Waals surface area contributed by atoms with Crippen LogP contribution in [0.5, 0.6) is 5.75 Å². The molecule has 47 heavy (non-hydrogen) atoms. The van der Waals surface area contributed by atoms with E-state index in [4.69, 9.17) is 27.9 Å². The standard InChI is InChI=1S/C36H39Cl2N3O5S/c1-26(2)22-39-36(43)34(20-27-10-6-4-7-11-27)40(23-29-14-15-30(37)21-33(29)38)35(42)24-41(47(3,44)45)31-16-18-32(19-17-31)46-25-28-12-8-5-9-13-28/h4-19,21,26,34H,20,22-25H2,1-3H3,(H,39,43)/t34-/m0/s1. The summed E-state index contributed by atoms with van der Waals surface area (Å²) in [4.78, 5) is 29.5. The number of ether oxygens (including phenoxy) is 1. The van der Waals surface area contributed by atoms with E-state index in [1.54, 1.807) is 42.5 Å². The lowest BCUT2D eigenvalue weighted by atomic mass is 10.0.